The molecule has 0 aromatic carbocycles. The van der Waals surface area contributed by atoms with Gasteiger partial charge in [-0.15, -0.1) is 0 Å². The van der Waals surface area contributed by atoms with Crippen LogP contribution in [0.25, 0.3) is 0 Å². The third kappa shape index (κ3) is 6.02. The van der Waals surface area contributed by atoms with Crippen molar-refractivity contribution in [3.8, 4) is 0 Å². The minimum atomic E-state index is -1.28. The van der Waals surface area contributed by atoms with E-state index in [1.54, 1.807) is 21.0 Å². The number of ether oxygens (including phenoxy) is 4. The van der Waals surface area contributed by atoms with E-state index in [2.05, 4.69) is 16.0 Å². The van der Waals surface area contributed by atoms with E-state index in [4.69, 9.17) is 30.4 Å². The van der Waals surface area contributed by atoms with Crippen LogP contribution in [0.2, 0.25) is 0 Å². The summed E-state index contributed by atoms with van der Waals surface area (Å²) in [5.74, 6) is 0. The van der Waals surface area contributed by atoms with Crippen LogP contribution in [0, 0.1) is 0 Å². The molecule has 0 radical (unpaired) electrons. The molecule has 12 nitrogen and oxygen atoms in total. The first-order chi connectivity index (χ1) is 15.6. The predicted octanol–water partition coefficient (Wildman–Crippen LogP) is -3.46. The van der Waals surface area contributed by atoms with E-state index in [0.29, 0.717) is 13.0 Å². The predicted molar refractivity (Wildman–Crippen MR) is 120 cm³/mol. The molecule has 0 amide bonds. The zero-order chi connectivity index (χ0) is 24.3. The Balaban J connectivity index is 1.71. The van der Waals surface area contributed by atoms with Gasteiger partial charge in [0, 0.05) is 18.6 Å². The maximum atomic E-state index is 11.2. The summed E-state index contributed by atoms with van der Waals surface area (Å²) in [5, 5.41) is 41.6. The third-order valence-electron chi connectivity index (χ3n) is 7.04. The molecule has 0 aromatic heterocycles. The quantitative estimate of drug-likeness (QED) is 0.173. The monoisotopic (exact) mass is 477 g/mol. The Morgan fingerprint density at radius 1 is 0.970 bits per heavy atom. The molecule has 10 N–H and O–H groups in total. The van der Waals surface area contributed by atoms with Gasteiger partial charge in [0.2, 0.25) is 0 Å². The fourth-order valence-electron chi connectivity index (χ4n) is 5.14. The van der Waals surface area contributed by atoms with Crippen molar-refractivity contribution < 1.29 is 34.3 Å². The zero-order valence-electron chi connectivity index (χ0n) is 20.0. The number of hydrogen-bond donors (Lipinski definition) is 8. The lowest BCUT2D eigenvalue weighted by molar-refractivity contribution is -0.307. The summed E-state index contributed by atoms with van der Waals surface area (Å²) >= 11 is 0. The van der Waals surface area contributed by atoms with Gasteiger partial charge >= 0.3 is 0 Å². The van der Waals surface area contributed by atoms with Crippen LogP contribution in [0.4, 0.5) is 0 Å². The van der Waals surface area contributed by atoms with Gasteiger partial charge in [0.15, 0.2) is 12.6 Å². The van der Waals surface area contributed by atoms with Crippen LogP contribution in [0.15, 0.2) is 0 Å². The maximum absolute atomic E-state index is 11.2. The smallest absolute Gasteiger partial charge is 0.185 e. The molecule has 194 valence electrons. The van der Waals surface area contributed by atoms with E-state index in [0.717, 1.165) is 12.8 Å². The van der Waals surface area contributed by atoms with E-state index in [9.17, 15) is 15.3 Å². The van der Waals surface area contributed by atoms with Crippen LogP contribution in [0.3, 0.4) is 0 Å². The van der Waals surface area contributed by atoms with Crippen molar-refractivity contribution in [2.45, 2.75) is 99.1 Å². The Bertz CT molecular complexity index is 618. The summed E-state index contributed by atoms with van der Waals surface area (Å²) in [4.78, 5) is 0. The average molecular weight is 478 g/mol. The molecule has 12 unspecified atom stereocenters. The molecule has 33 heavy (non-hydrogen) atoms. The highest BCUT2D eigenvalue weighted by Gasteiger charge is 2.51. The topological polar surface area (TPSA) is 186 Å². The molecule has 3 rings (SSSR count). The minimum Gasteiger partial charge on any atom is -0.388 e. The fraction of sp³-hybridized carbons (Fsp3) is 1.00. The second-order valence-electron chi connectivity index (χ2n) is 9.71. The molecule has 2 heterocycles. The Labute approximate surface area is 195 Å². The van der Waals surface area contributed by atoms with Gasteiger partial charge in [-0.3, -0.25) is 0 Å². The number of likely N-dealkylation sites (N-methyl/N-ethyl adjacent to an activating group) is 3. The number of hydrogen-bond acceptors (Lipinski definition) is 12. The Morgan fingerprint density at radius 2 is 1.67 bits per heavy atom. The molecule has 3 fully saturated rings. The first kappa shape index (κ1) is 27.1. The summed E-state index contributed by atoms with van der Waals surface area (Å²) in [6.07, 6.45) is -3.61. The van der Waals surface area contributed by atoms with Gasteiger partial charge in [-0.25, -0.2) is 0 Å². The standard InChI is InChI=1S/C21H43N5O7/c1-21(29)9-30-20(15(28)18(21)26-4)32-16-12(23)7-13(25-3)17(14(16)27)33-19-11(22)6-5-10(31-19)8-24-2/h10-20,24-29H,5-9,22-23H2,1-4H3. The van der Waals surface area contributed by atoms with Gasteiger partial charge in [-0.1, -0.05) is 0 Å². The van der Waals surface area contributed by atoms with E-state index < -0.39 is 54.7 Å². The van der Waals surface area contributed by atoms with Crippen molar-refractivity contribution >= 4 is 0 Å². The average Bonchev–Trinajstić information content (AvgIpc) is 2.76. The summed E-state index contributed by atoms with van der Waals surface area (Å²) < 4.78 is 23.9. The van der Waals surface area contributed by atoms with Gasteiger partial charge in [0.05, 0.1) is 24.8 Å². The van der Waals surface area contributed by atoms with Gasteiger partial charge in [0.1, 0.15) is 30.0 Å². The molecule has 12 heteroatoms. The van der Waals surface area contributed by atoms with Crippen molar-refractivity contribution in [3.05, 3.63) is 0 Å². The first-order valence-corrected chi connectivity index (χ1v) is 11.8. The zero-order valence-corrected chi connectivity index (χ0v) is 20.0. The van der Waals surface area contributed by atoms with Crippen molar-refractivity contribution in [2.75, 3.05) is 34.3 Å². The van der Waals surface area contributed by atoms with E-state index in [1.165, 1.54) is 0 Å². The van der Waals surface area contributed by atoms with Gasteiger partial charge < -0.3 is 61.7 Å². The molecular formula is C21H43N5O7. The van der Waals surface area contributed by atoms with Crippen molar-refractivity contribution in [1.29, 1.82) is 0 Å². The fourth-order valence-corrected chi connectivity index (χ4v) is 5.14. The summed E-state index contributed by atoms with van der Waals surface area (Å²) in [6.45, 7) is 2.21. The third-order valence-corrected chi connectivity index (χ3v) is 7.04. The van der Waals surface area contributed by atoms with Crippen LogP contribution in [0.5, 0.6) is 0 Å². The van der Waals surface area contributed by atoms with Crippen LogP contribution in [-0.4, -0.2) is 122 Å². The normalized spacial score (nSPS) is 49.2. The molecule has 1 saturated carbocycles. The van der Waals surface area contributed by atoms with Crippen LogP contribution in [-0.2, 0) is 18.9 Å². The van der Waals surface area contributed by atoms with Crippen molar-refractivity contribution in [3.63, 3.8) is 0 Å². The summed E-state index contributed by atoms with van der Waals surface area (Å²) in [5.41, 5.74) is 11.3. The first-order valence-electron chi connectivity index (χ1n) is 11.8. The molecule has 0 spiro atoms. The lowest BCUT2D eigenvalue weighted by Crippen LogP contribution is -2.69. The largest absolute Gasteiger partial charge is 0.388 e. The van der Waals surface area contributed by atoms with E-state index in [-0.39, 0.29) is 24.8 Å². The molecule has 3 aliphatic rings. The molecule has 2 saturated heterocycles. The Morgan fingerprint density at radius 3 is 2.30 bits per heavy atom. The maximum Gasteiger partial charge on any atom is 0.185 e. The number of rotatable bonds is 8. The highest BCUT2D eigenvalue weighted by atomic mass is 16.7. The van der Waals surface area contributed by atoms with Crippen LogP contribution in [0.1, 0.15) is 26.2 Å². The number of aliphatic hydroxyl groups excluding tert-OH is 2. The SMILES string of the molecule is CNCC1CCC(N)C(OC2C(NC)CC(N)C(OC3OCC(C)(O)C(NC)C3O)C2O)O1. The van der Waals surface area contributed by atoms with E-state index >= 15 is 0 Å². The summed E-state index contributed by atoms with van der Waals surface area (Å²) in [7, 11) is 5.28. The molecule has 1 aliphatic carbocycles. The van der Waals surface area contributed by atoms with Gasteiger partial charge in [-0.05, 0) is 47.3 Å². The van der Waals surface area contributed by atoms with Crippen LogP contribution >= 0.6 is 0 Å². The van der Waals surface area contributed by atoms with Crippen molar-refractivity contribution in [1.82, 2.24) is 16.0 Å². The van der Waals surface area contributed by atoms with E-state index in [1.807, 2.05) is 7.05 Å². The second-order valence-corrected chi connectivity index (χ2v) is 9.71. The molecule has 0 aromatic rings. The lowest BCUT2D eigenvalue weighted by atomic mass is 9.83. The number of nitrogens with one attached hydrogen (secondary N) is 3. The molecule has 0 bridgehead atoms. The Hall–Kier alpha value is -0.480. The number of nitrogens with two attached hydrogens (primary N) is 2. The lowest BCUT2D eigenvalue weighted by Gasteiger charge is -2.49. The molecule has 2 aliphatic heterocycles. The second kappa shape index (κ2) is 11.5. The van der Waals surface area contributed by atoms with Gasteiger partial charge in [0.25, 0.3) is 0 Å². The highest BCUT2D eigenvalue weighted by molar-refractivity contribution is 5.02. The summed E-state index contributed by atoms with van der Waals surface area (Å²) in [6, 6.07) is -1.79. The van der Waals surface area contributed by atoms with Crippen LogP contribution < -0.4 is 27.4 Å². The molecule has 12 atom stereocenters. The minimum absolute atomic E-state index is 0.0278. The van der Waals surface area contributed by atoms with Crippen molar-refractivity contribution in [2.24, 2.45) is 11.5 Å². The molecular weight excluding hydrogens is 434 g/mol. The van der Waals surface area contributed by atoms with Gasteiger partial charge in [-0.2, -0.15) is 0 Å². The highest BCUT2D eigenvalue weighted by Crippen LogP contribution is 2.32. The Kier molecular flexibility index (Phi) is 9.45. The number of aliphatic hydroxyl groups is 3.